The molecule has 0 atom stereocenters. The topological polar surface area (TPSA) is 35.1 Å². The second-order valence-electron chi connectivity index (χ2n) is 16.9. The normalized spacial score (nSPS) is 12.0. The Morgan fingerprint density at radius 3 is 1.74 bits per heavy atom. The monoisotopic (exact) mass is 844 g/mol. The van der Waals surface area contributed by atoms with Gasteiger partial charge in [0.1, 0.15) is 0 Å². The van der Waals surface area contributed by atoms with Gasteiger partial charge in [-0.15, -0.1) is 11.3 Å². The van der Waals surface area contributed by atoms with Gasteiger partial charge in [0.25, 0.3) is 0 Å². The van der Waals surface area contributed by atoms with E-state index in [1.807, 2.05) is 23.5 Å². The summed E-state index contributed by atoms with van der Waals surface area (Å²) in [5.74, 6) is 0.684. The fourth-order valence-corrected chi connectivity index (χ4v) is 11.6. The average molecular weight is 845 g/mol. The minimum atomic E-state index is 0.684. The van der Waals surface area contributed by atoms with Crippen LogP contribution in [-0.4, -0.2) is 18.9 Å². The van der Waals surface area contributed by atoms with E-state index < -0.39 is 0 Å². The van der Waals surface area contributed by atoms with Crippen LogP contribution in [-0.2, 0) is 0 Å². The van der Waals surface area contributed by atoms with Gasteiger partial charge in [-0.25, -0.2) is 9.97 Å². The van der Waals surface area contributed by atoms with Crippen molar-refractivity contribution in [3.63, 3.8) is 0 Å². The number of hydrogen-bond donors (Lipinski definition) is 0. The molecule has 9 aromatic carbocycles. The van der Waals surface area contributed by atoms with Crippen molar-refractivity contribution in [2.45, 2.75) is 0 Å². The van der Waals surface area contributed by atoms with E-state index in [1.165, 1.54) is 85.7 Å². The van der Waals surface area contributed by atoms with Crippen LogP contribution in [0.3, 0.4) is 0 Å². The van der Waals surface area contributed by atoms with Gasteiger partial charge in [-0.3, -0.25) is 0 Å². The van der Waals surface area contributed by atoms with Crippen LogP contribution >= 0.6 is 11.3 Å². The van der Waals surface area contributed by atoms with Crippen molar-refractivity contribution in [2.24, 2.45) is 0 Å². The number of nitrogens with zero attached hydrogens (tertiary/aromatic N) is 4. The first kappa shape index (κ1) is 36.1. The lowest BCUT2D eigenvalue weighted by molar-refractivity contribution is 1.16. The lowest BCUT2D eigenvalue weighted by atomic mass is 10.0. The Balaban J connectivity index is 1.06. The summed E-state index contributed by atoms with van der Waals surface area (Å²) in [6.45, 7) is 0. The zero-order valence-corrected chi connectivity index (χ0v) is 35.8. The molecule has 0 aliphatic heterocycles. The molecule has 0 unspecified atom stereocenters. The summed E-state index contributed by atoms with van der Waals surface area (Å²) >= 11 is 1.88. The highest BCUT2D eigenvalue weighted by Gasteiger charge is 2.22. The van der Waals surface area contributed by atoms with Gasteiger partial charge < -0.3 is 8.97 Å². The van der Waals surface area contributed by atoms with E-state index >= 15 is 0 Å². The number of thiophene rings is 1. The third kappa shape index (κ3) is 5.49. The Hall–Kier alpha value is -8.38. The third-order valence-electron chi connectivity index (χ3n) is 13.3. The predicted octanol–water partition coefficient (Wildman–Crippen LogP) is 16.3. The van der Waals surface area contributed by atoms with E-state index in [0.717, 1.165) is 39.3 Å². The molecular formula is C60H36N4S. The Kier molecular flexibility index (Phi) is 7.82. The van der Waals surface area contributed by atoms with Gasteiger partial charge in [-0.05, 0) is 71.1 Å². The molecule has 0 fully saturated rings. The van der Waals surface area contributed by atoms with Crippen LogP contribution in [0.4, 0.5) is 0 Å². The summed E-state index contributed by atoms with van der Waals surface area (Å²) in [7, 11) is 0. The largest absolute Gasteiger partial charge is 0.309 e. The molecule has 0 bridgehead atoms. The zero-order chi connectivity index (χ0) is 42.6. The molecule has 4 nitrogen and oxygen atoms in total. The van der Waals surface area contributed by atoms with Gasteiger partial charge in [0.05, 0.1) is 39.0 Å². The van der Waals surface area contributed by atoms with Gasteiger partial charge in [0.2, 0.25) is 0 Å². The molecule has 0 aliphatic carbocycles. The molecule has 5 heteroatoms. The Morgan fingerprint density at radius 2 is 0.954 bits per heavy atom. The lowest BCUT2D eigenvalue weighted by Crippen LogP contribution is -1.98. The van der Waals surface area contributed by atoms with E-state index in [2.05, 4.69) is 215 Å². The van der Waals surface area contributed by atoms with Crippen LogP contribution in [0.1, 0.15) is 0 Å². The third-order valence-corrected chi connectivity index (χ3v) is 14.5. The number of aromatic nitrogens is 4. The van der Waals surface area contributed by atoms with Gasteiger partial charge in [0.15, 0.2) is 5.82 Å². The highest BCUT2D eigenvalue weighted by Crippen LogP contribution is 2.45. The van der Waals surface area contributed by atoms with Crippen LogP contribution in [0, 0.1) is 0 Å². The Bertz CT molecular complexity index is 4180. The van der Waals surface area contributed by atoms with Crippen LogP contribution in [0.2, 0.25) is 0 Å². The fourth-order valence-electron chi connectivity index (χ4n) is 10.4. The van der Waals surface area contributed by atoms with E-state index in [9.17, 15) is 0 Å². The van der Waals surface area contributed by atoms with Crippen molar-refractivity contribution < 1.29 is 0 Å². The molecule has 65 heavy (non-hydrogen) atoms. The van der Waals surface area contributed by atoms with E-state index in [1.54, 1.807) is 0 Å². The maximum Gasteiger partial charge on any atom is 0.160 e. The van der Waals surface area contributed by atoms with Gasteiger partial charge >= 0.3 is 0 Å². The SMILES string of the molecule is c1ccc(-c2cc(-c3ccccc3)nc(-c3cccc(-n4c5ccc(-c6cccc7c6sc6ccccc67)cc5c5ccc6c(cc7c8ccccc8c8ccccc8n76)c54)c3)n2)cc1. The number of fused-ring (bicyclic) bond motifs is 15. The second-order valence-corrected chi connectivity index (χ2v) is 18.0. The number of para-hydroxylation sites is 1. The number of pyridine rings is 1. The van der Waals surface area contributed by atoms with Crippen molar-refractivity contribution in [2.75, 3.05) is 0 Å². The van der Waals surface area contributed by atoms with Crippen molar-refractivity contribution in [1.29, 1.82) is 0 Å². The average Bonchev–Trinajstić information content (AvgIpc) is 4.07. The number of hydrogen-bond acceptors (Lipinski definition) is 3. The zero-order valence-electron chi connectivity index (χ0n) is 35.0. The number of benzene rings is 9. The molecule has 0 aliphatic rings. The highest BCUT2D eigenvalue weighted by atomic mass is 32.1. The summed E-state index contributed by atoms with van der Waals surface area (Å²) in [5.41, 5.74) is 14.2. The van der Waals surface area contributed by atoms with Gasteiger partial charge in [-0.1, -0.05) is 164 Å². The quantitative estimate of drug-likeness (QED) is 0.162. The van der Waals surface area contributed by atoms with E-state index in [4.69, 9.17) is 9.97 Å². The summed E-state index contributed by atoms with van der Waals surface area (Å²) in [6.07, 6.45) is 0. The molecule has 0 N–H and O–H groups in total. The summed E-state index contributed by atoms with van der Waals surface area (Å²) in [5, 5.41) is 9.98. The molecule has 5 heterocycles. The molecule has 0 spiro atoms. The molecule has 302 valence electrons. The molecule has 0 amide bonds. The minimum absolute atomic E-state index is 0.684. The first-order chi connectivity index (χ1) is 32.2. The Labute approximate surface area is 377 Å². The van der Waals surface area contributed by atoms with Gasteiger partial charge in [0, 0.05) is 69.5 Å². The van der Waals surface area contributed by atoms with Crippen molar-refractivity contribution in [3.8, 4) is 50.7 Å². The molecule has 0 saturated heterocycles. The number of rotatable bonds is 5. The van der Waals surface area contributed by atoms with Crippen LogP contribution in [0.5, 0.6) is 0 Å². The van der Waals surface area contributed by atoms with E-state index in [0.29, 0.717) is 5.82 Å². The van der Waals surface area contributed by atoms with Crippen molar-refractivity contribution in [3.05, 3.63) is 218 Å². The lowest BCUT2D eigenvalue weighted by Gasteiger charge is -2.13. The maximum absolute atomic E-state index is 5.25. The van der Waals surface area contributed by atoms with Crippen molar-refractivity contribution in [1.82, 2.24) is 18.9 Å². The summed E-state index contributed by atoms with van der Waals surface area (Å²) < 4.78 is 7.57. The van der Waals surface area contributed by atoms with E-state index in [-0.39, 0.29) is 0 Å². The molecule has 14 aromatic rings. The molecular weight excluding hydrogens is 809 g/mol. The second kappa shape index (κ2) is 14.1. The van der Waals surface area contributed by atoms with Crippen LogP contribution in [0.25, 0.3) is 131 Å². The standard InChI is InChI=1S/C60H36N4S/c1-3-15-37(16-4-1)51-36-52(38-17-5-2-6-18-38)62-60(61-51)40-19-13-20-41(33-40)63-54-31-29-39(42-25-14-26-48-46-24-10-12-28-57(46)65-59(42)48)34-49(54)47-30-32-55-50(58(47)63)35-56-45-23-8-7-21-43(45)44-22-9-11-27-53(44)64(55)56/h1-36H. The first-order valence-corrected chi connectivity index (χ1v) is 22.9. The maximum atomic E-state index is 5.25. The molecule has 0 radical (unpaired) electrons. The molecule has 5 aromatic heterocycles. The summed E-state index contributed by atoms with van der Waals surface area (Å²) in [4.78, 5) is 10.5. The Morgan fingerprint density at radius 1 is 0.338 bits per heavy atom. The highest BCUT2D eigenvalue weighted by molar-refractivity contribution is 7.26. The van der Waals surface area contributed by atoms with Crippen LogP contribution < -0.4 is 0 Å². The fraction of sp³-hybridized carbons (Fsp3) is 0. The van der Waals surface area contributed by atoms with Gasteiger partial charge in [-0.2, -0.15) is 0 Å². The first-order valence-electron chi connectivity index (χ1n) is 22.1. The van der Waals surface area contributed by atoms with Crippen molar-refractivity contribution >= 4 is 91.4 Å². The smallest absolute Gasteiger partial charge is 0.160 e. The molecule has 0 saturated carbocycles. The molecule has 14 rings (SSSR count). The summed E-state index contributed by atoms with van der Waals surface area (Å²) in [6, 6.07) is 79.0. The van der Waals surface area contributed by atoms with Crippen LogP contribution in [0.15, 0.2) is 218 Å². The predicted molar refractivity (Wildman–Crippen MR) is 274 cm³/mol. The minimum Gasteiger partial charge on any atom is -0.309 e.